The summed E-state index contributed by atoms with van der Waals surface area (Å²) in [5.41, 5.74) is 1.70. The second-order valence-electron chi connectivity index (χ2n) is 6.61. The van der Waals surface area contributed by atoms with Gasteiger partial charge in [0.25, 0.3) is 0 Å². The van der Waals surface area contributed by atoms with Crippen LogP contribution in [0.5, 0.6) is 0 Å². The van der Waals surface area contributed by atoms with Gasteiger partial charge < -0.3 is 10.7 Å². The number of aromatic nitrogens is 3. The van der Waals surface area contributed by atoms with Gasteiger partial charge >= 0.3 is 0 Å². The number of anilines is 1. The first-order chi connectivity index (χ1) is 14.6. The lowest BCUT2D eigenvalue weighted by Crippen LogP contribution is -2.32. The molecule has 0 fully saturated rings. The van der Waals surface area contributed by atoms with Crippen LogP contribution in [0.25, 0.3) is 22.2 Å². The van der Waals surface area contributed by atoms with Crippen LogP contribution in [0.4, 0.5) is 5.69 Å². The Kier molecular flexibility index (Phi) is 5.92. The predicted octanol–water partition coefficient (Wildman–Crippen LogP) is 4.61. The van der Waals surface area contributed by atoms with Crippen molar-refractivity contribution in [3.63, 3.8) is 0 Å². The Morgan fingerprint density at radius 3 is 2.57 bits per heavy atom. The average molecular weight is 438 g/mol. The minimum absolute atomic E-state index is 0.0186. The molecule has 0 aliphatic carbocycles. The van der Waals surface area contributed by atoms with Gasteiger partial charge in [0.1, 0.15) is 0 Å². The number of carbonyl (C=O) groups is 1. The number of rotatable bonds is 6. The van der Waals surface area contributed by atoms with Crippen molar-refractivity contribution in [1.29, 1.82) is 0 Å². The predicted molar refractivity (Wildman–Crippen MR) is 123 cm³/mol. The molecule has 4 rings (SSSR count). The van der Waals surface area contributed by atoms with Gasteiger partial charge in [0.05, 0.1) is 11.4 Å². The number of nitrogens with zero attached hydrogens (tertiary/aromatic N) is 4. The second kappa shape index (κ2) is 8.77. The highest BCUT2D eigenvalue weighted by Crippen LogP contribution is 2.28. The number of hydrogen-bond donors (Lipinski definition) is 1. The van der Waals surface area contributed by atoms with Crippen molar-refractivity contribution in [2.75, 3.05) is 23.0 Å². The molecule has 1 amide bonds. The SMILES string of the molecule is CCN(C(=O)CSc1nnc(-c2ccc(Cl)cc2)n1N)c1cccc2ccccc12. The summed E-state index contributed by atoms with van der Waals surface area (Å²) in [7, 11) is 0. The quantitative estimate of drug-likeness (QED) is 0.352. The molecule has 0 aliphatic heterocycles. The third-order valence-corrected chi connectivity index (χ3v) is 5.95. The molecule has 1 heterocycles. The van der Waals surface area contributed by atoms with E-state index in [2.05, 4.69) is 10.2 Å². The molecular formula is C22H20ClN5OS. The number of nitrogens with two attached hydrogens (primary N) is 1. The molecule has 0 atom stereocenters. The fraction of sp³-hybridized carbons (Fsp3) is 0.136. The molecular weight excluding hydrogens is 418 g/mol. The topological polar surface area (TPSA) is 77.0 Å². The van der Waals surface area contributed by atoms with E-state index in [1.165, 1.54) is 16.4 Å². The summed E-state index contributed by atoms with van der Waals surface area (Å²) in [6.45, 7) is 2.53. The van der Waals surface area contributed by atoms with E-state index in [9.17, 15) is 4.79 Å². The first kappa shape index (κ1) is 20.3. The van der Waals surface area contributed by atoms with Gasteiger partial charge in [-0.05, 0) is 42.6 Å². The van der Waals surface area contributed by atoms with Crippen LogP contribution in [-0.2, 0) is 4.79 Å². The number of fused-ring (bicyclic) bond motifs is 1. The minimum atomic E-state index is -0.0186. The lowest BCUT2D eigenvalue weighted by molar-refractivity contribution is -0.116. The summed E-state index contributed by atoms with van der Waals surface area (Å²) in [5.74, 6) is 6.87. The standard InChI is InChI=1S/C22H20ClN5OS/c1-2-27(19-9-5-7-15-6-3-4-8-18(15)19)20(29)14-30-22-26-25-21(28(22)24)16-10-12-17(23)13-11-16/h3-13H,2,14,24H2,1H3. The molecule has 3 aromatic carbocycles. The van der Waals surface area contributed by atoms with Gasteiger partial charge in [-0.1, -0.05) is 59.8 Å². The van der Waals surface area contributed by atoms with E-state index in [0.29, 0.717) is 22.5 Å². The van der Waals surface area contributed by atoms with Crippen LogP contribution in [0.1, 0.15) is 6.92 Å². The summed E-state index contributed by atoms with van der Waals surface area (Å²) in [6.07, 6.45) is 0. The van der Waals surface area contributed by atoms with E-state index < -0.39 is 0 Å². The van der Waals surface area contributed by atoms with Gasteiger partial charge in [0, 0.05) is 22.5 Å². The summed E-state index contributed by atoms with van der Waals surface area (Å²) >= 11 is 7.20. The number of hydrogen-bond acceptors (Lipinski definition) is 5. The highest BCUT2D eigenvalue weighted by molar-refractivity contribution is 7.99. The maximum atomic E-state index is 13.0. The van der Waals surface area contributed by atoms with Crippen LogP contribution in [0.2, 0.25) is 5.02 Å². The van der Waals surface area contributed by atoms with Gasteiger partial charge in [-0.15, -0.1) is 10.2 Å². The molecule has 2 N–H and O–H groups in total. The number of halogens is 1. The monoisotopic (exact) mass is 437 g/mol. The van der Waals surface area contributed by atoms with Gasteiger partial charge in [-0.25, -0.2) is 4.68 Å². The van der Waals surface area contributed by atoms with E-state index >= 15 is 0 Å². The third kappa shape index (κ3) is 3.99. The molecule has 4 aromatic rings. The number of thioether (sulfide) groups is 1. The van der Waals surface area contributed by atoms with Gasteiger partial charge in [-0.2, -0.15) is 0 Å². The lowest BCUT2D eigenvalue weighted by atomic mass is 10.1. The summed E-state index contributed by atoms with van der Waals surface area (Å²) in [5, 5.41) is 11.6. The lowest BCUT2D eigenvalue weighted by Gasteiger charge is -2.22. The molecule has 0 spiro atoms. The molecule has 0 aliphatic rings. The van der Waals surface area contributed by atoms with E-state index in [1.54, 1.807) is 17.0 Å². The normalized spacial score (nSPS) is 11.0. The Morgan fingerprint density at radius 2 is 1.80 bits per heavy atom. The fourth-order valence-corrected chi connectivity index (χ4v) is 4.16. The molecule has 1 aromatic heterocycles. The third-order valence-electron chi connectivity index (χ3n) is 4.77. The van der Waals surface area contributed by atoms with Crippen molar-refractivity contribution in [2.45, 2.75) is 12.1 Å². The van der Waals surface area contributed by atoms with Crippen molar-refractivity contribution >= 4 is 45.7 Å². The zero-order chi connectivity index (χ0) is 21.1. The Bertz CT molecular complexity index is 1190. The van der Waals surface area contributed by atoms with Gasteiger partial charge in [0.2, 0.25) is 11.1 Å². The second-order valence-corrected chi connectivity index (χ2v) is 7.99. The molecule has 8 heteroatoms. The molecule has 6 nitrogen and oxygen atoms in total. The fourth-order valence-electron chi connectivity index (χ4n) is 3.30. The maximum absolute atomic E-state index is 13.0. The van der Waals surface area contributed by atoms with E-state index in [-0.39, 0.29) is 11.7 Å². The minimum Gasteiger partial charge on any atom is -0.335 e. The Balaban J connectivity index is 1.52. The number of benzene rings is 3. The average Bonchev–Trinajstić information content (AvgIpc) is 3.14. The van der Waals surface area contributed by atoms with Crippen LogP contribution in [0, 0.1) is 0 Å². The summed E-state index contributed by atoms with van der Waals surface area (Å²) in [4.78, 5) is 14.8. The van der Waals surface area contributed by atoms with Crippen LogP contribution in [0.3, 0.4) is 0 Å². The van der Waals surface area contributed by atoms with Crippen molar-refractivity contribution < 1.29 is 4.79 Å². The smallest absolute Gasteiger partial charge is 0.237 e. The van der Waals surface area contributed by atoms with Crippen LogP contribution >= 0.6 is 23.4 Å². The summed E-state index contributed by atoms with van der Waals surface area (Å²) in [6, 6.07) is 21.2. The Hall–Kier alpha value is -3.03. The van der Waals surface area contributed by atoms with Gasteiger partial charge in [0.15, 0.2) is 5.82 Å². The highest BCUT2D eigenvalue weighted by Gasteiger charge is 2.19. The molecule has 0 bridgehead atoms. The van der Waals surface area contributed by atoms with Crippen molar-refractivity contribution in [2.24, 2.45) is 0 Å². The Morgan fingerprint density at radius 1 is 1.07 bits per heavy atom. The zero-order valence-corrected chi connectivity index (χ0v) is 17.9. The van der Waals surface area contributed by atoms with Crippen LogP contribution < -0.4 is 10.7 Å². The molecule has 0 radical (unpaired) electrons. The number of nitrogen functional groups attached to an aromatic ring is 1. The molecule has 152 valence electrons. The number of carbonyl (C=O) groups excluding carboxylic acids is 1. The first-order valence-corrected chi connectivity index (χ1v) is 10.8. The van der Waals surface area contributed by atoms with Crippen molar-refractivity contribution in [3.8, 4) is 11.4 Å². The van der Waals surface area contributed by atoms with Crippen molar-refractivity contribution in [3.05, 3.63) is 71.8 Å². The molecule has 0 saturated carbocycles. The largest absolute Gasteiger partial charge is 0.335 e. The zero-order valence-electron chi connectivity index (χ0n) is 16.3. The van der Waals surface area contributed by atoms with Gasteiger partial charge in [-0.3, -0.25) is 4.79 Å². The molecule has 0 unspecified atom stereocenters. The van der Waals surface area contributed by atoms with E-state index in [1.807, 2.05) is 61.5 Å². The van der Waals surface area contributed by atoms with E-state index in [4.69, 9.17) is 17.4 Å². The maximum Gasteiger partial charge on any atom is 0.237 e. The van der Waals surface area contributed by atoms with Crippen molar-refractivity contribution in [1.82, 2.24) is 14.9 Å². The van der Waals surface area contributed by atoms with Crippen LogP contribution in [-0.4, -0.2) is 33.1 Å². The first-order valence-electron chi connectivity index (χ1n) is 9.46. The molecule has 30 heavy (non-hydrogen) atoms. The summed E-state index contributed by atoms with van der Waals surface area (Å²) < 4.78 is 1.40. The van der Waals surface area contributed by atoms with E-state index in [0.717, 1.165) is 22.0 Å². The molecule has 0 saturated heterocycles. The highest BCUT2D eigenvalue weighted by atomic mass is 35.5. The van der Waals surface area contributed by atoms with Crippen LogP contribution in [0.15, 0.2) is 71.9 Å². The number of amides is 1. The Labute approximate surface area is 183 Å².